The van der Waals surface area contributed by atoms with Crippen LogP contribution in [0.4, 0.5) is 4.79 Å². The highest BCUT2D eigenvalue weighted by Crippen LogP contribution is 2.07. The number of likely N-dealkylation sites (N-methyl/N-ethyl adjacent to an activating group) is 1. The molecule has 134 valence electrons. The summed E-state index contributed by atoms with van der Waals surface area (Å²) in [4.78, 5) is 29.6. The summed E-state index contributed by atoms with van der Waals surface area (Å²) in [6.07, 6.45) is 5.18. The van der Waals surface area contributed by atoms with Gasteiger partial charge in [-0.15, -0.1) is 0 Å². The van der Waals surface area contributed by atoms with Gasteiger partial charge in [-0.3, -0.25) is 9.78 Å². The normalized spacial score (nSPS) is 12.4. The summed E-state index contributed by atoms with van der Waals surface area (Å²) in [7, 11) is 1.75. The van der Waals surface area contributed by atoms with Crippen LogP contribution in [0.1, 0.15) is 46.1 Å². The molecule has 6 heteroatoms. The fourth-order valence-corrected chi connectivity index (χ4v) is 2.25. The van der Waals surface area contributed by atoms with E-state index in [0.29, 0.717) is 13.0 Å². The maximum atomic E-state index is 12.1. The molecule has 1 heterocycles. The first-order valence-electron chi connectivity index (χ1n) is 8.30. The van der Waals surface area contributed by atoms with E-state index in [-0.39, 0.29) is 11.9 Å². The largest absolute Gasteiger partial charge is 0.444 e. The zero-order valence-corrected chi connectivity index (χ0v) is 15.3. The lowest BCUT2D eigenvalue weighted by atomic mass is 10.1. The van der Waals surface area contributed by atoms with Gasteiger partial charge in [0.05, 0.1) is 0 Å². The second kappa shape index (κ2) is 9.25. The SMILES string of the molecule is CC(CN(C)C(=O)CCCc1cccnc1)NC(=O)OC(C)(C)C. The van der Waals surface area contributed by atoms with Gasteiger partial charge in [0.1, 0.15) is 5.60 Å². The first-order chi connectivity index (χ1) is 11.2. The number of rotatable bonds is 7. The van der Waals surface area contributed by atoms with E-state index < -0.39 is 11.7 Å². The van der Waals surface area contributed by atoms with Gasteiger partial charge in [0.25, 0.3) is 0 Å². The number of nitrogens with one attached hydrogen (secondary N) is 1. The molecule has 0 aliphatic heterocycles. The summed E-state index contributed by atoms with van der Waals surface area (Å²) < 4.78 is 5.20. The molecule has 0 spiro atoms. The van der Waals surface area contributed by atoms with E-state index in [9.17, 15) is 9.59 Å². The first-order valence-corrected chi connectivity index (χ1v) is 8.30. The number of aromatic nitrogens is 1. The lowest BCUT2D eigenvalue weighted by Crippen LogP contribution is -2.44. The van der Waals surface area contributed by atoms with Crippen LogP contribution in [0, 0.1) is 0 Å². The third kappa shape index (κ3) is 8.50. The molecule has 0 saturated carbocycles. The molecule has 0 fully saturated rings. The molecular formula is C18H29N3O3. The zero-order chi connectivity index (χ0) is 18.2. The van der Waals surface area contributed by atoms with E-state index in [1.807, 2.05) is 46.0 Å². The van der Waals surface area contributed by atoms with E-state index in [4.69, 9.17) is 4.74 Å². The van der Waals surface area contributed by atoms with Crippen molar-refractivity contribution < 1.29 is 14.3 Å². The molecule has 1 rings (SSSR count). The Kier molecular flexibility index (Phi) is 7.68. The van der Waals surface area contributed by atoms with Gasteiger partial charge in [0.2, 0.25) is 5.91 Å². The van der Waals surface area contributed by atoms with Gasteiger partial charge in [0.15, 0.2) is 0 Å². The van der Waals surface area contributed by atoms with Crippen LogP contribution in [-0.4, -0.2) is 47.1 Å². The number of carbonyl (C=O) groups excluding carboxylic acids is 2. The maximum absolute atomic E-state index is 12.1. The quantitative estimate of drug-likeness (QED) is 0.832. The molecule has 1 aromatic rings. The molecule has 0 bridgehead atoms. The first kappa shape index (κ1) is 19.9. The number of carbonyl (C=O) groups is 2. The number of pyridine rings is 1. The predicted octanol–water partition coefficient (Wildman–Crippen LogP) is 2.78. The Bertz CT molecular complexity index is 526. The molecule has 1 atom stereocenters. The molecule has 6 nitrogen and oxygen atoms in total. The molecule has 0 radical (unpaired) electrons. The average Bonchev–Trinajstić information content (AvgIpc) is 2.45. The molecule has 0 saturated heterocycles. The maximum Gasteiger partial charge on any atom is 0.407 e. The Hall–Kier alpha value is -2.11. The summed E-state index contributed by atoms with van der Waals surface area (Å²) in [5.41, 5.74) is 0.602. The topological polar surface area (TPSA) is 71.5 Å². The Morgan fingerprint density at radius 1 is 1.38 bits per heavy atom. The summed E-state index contributed by atoms with van der Waals surface area (Å²) in [6, 6.07) is 3.73. The summed E-state index contributed by atoms with van der Waals surface area (Å²) >= 11 is 0. The van der Waals surface area contributed by atoms with Crippen LogP contribution in [0.3, 0.4) is 0 Å². The fraction of sp³-hybridized carbons (Fsp3) is 0.611. The van der Waals surface area contributed by atoms with Gasteiger partial charge in [-0.1, -0.05) is 6.07 Å². The molecule has 24 heavy (non-hydrogen) atoms. The lowest BCUT2D eigenvalue weighted by molar-refractivity contribution is -0.130. The monoisotopic (exact) mass is 335 g/mol. The van der Waals surface area contributed by atoms with Crippen molar-refractivity contribution in [1.29, 1.82) is 0 Å². The smallest absolute Gasteiger partial charge is 0.407 e. The second-order valence-electron chi connectivity index (χ2n) is 7.04. The standard InChI is InChI=1S/C18H29N3O3/c1-14(20-17(23)24-18(2,3)4)13-21(5)16(22)10-6-8-15-9-7-11-19-12-15/h7,9,11-12,14H,6,8,10,13H2,1-5H3,(H,20,23). The Labute approximate surface area is 144 Å². The van der Waals surface area contributed by atoms with Gasteiger partial charge < -0.3 is 15.0 Å². The minimum Gasteiger partial charge on any atom is -0.444 e. The van der Waals surface area contributed by atoms with E-state index in [0.717, 1.165) is 18.4 Å². The van der Waals surface area contributed by atoms with Crippen molar-refractivity contribution in [1.82, 2.24) is 15.2 Å². The van der Waals surface area contributed by atoms with Crippen molar-refractivity contribution >= 4 is 12.0 Å². The third-order valence-corrected chi connectivity index (χ3v) is 3.32. The number of nitrogens with zero attached hydrogens (tertiary/aromatic N) is 2. The lowest BCUT2D eigenvalue weighted by Gasteiger charge is -2.25. The summed E-state index contributed by atoms with van der Waals surface area (Å²) in [6.45, 7) is 7.74. The highest BCUT2D eigenvalue weighted by Gasteiger charge is 2.19. The zero-order valence-electron chi connectivity index (χ0n) is 15.3. The van der Waals surface area contributed by atoms with Crippen molar-refractivity contribution in [3.8, 4) is 0 Å². The second-order valence-corrected chi connectivity index (χ2v) is 7.04. The molecule has 0 aliphatic carbocycles. The molecular weight excluding hydrogens is 306 g/mol. The van der Waals surface area contributed by atoms with Gasteiger partial charge in [0, 0.05) is 38.4 Å². The number of ether oxygens (including phenoxy) is 1. The van der Waals surface area contributed by atoms with Gasteiger partial charge in [-0.05, 0) is 52.2 Å². The van der Waals surface area contributed by atoms with Crippen LogP contribution in [0.2, 0.25) is 0 Å². The van der Waals surface area contributed by atoms with Gasteiger partial charge in [-0.25, -0.2) is 4.79 Å². The number of amides is 2. The van der Waals surface area contributed by atoms with Crippen LogP contribution < -0.4 is 5.32 Å². The van der Waals surface area contributed by atoms with Crippen LogP contribution >= 0.6 is 0 Å². The summed E-state index contributed by atoms with van der Waals surface area (Å²) in [5.74, 6) is 0.0664. The molecule has 1 N–H and O–H groups in total. The van der Waals surface area contributed by atoms with Crippen molar-refractivity contribution in [2.24, 2.45) is 0 Å². The number of alkyl carbamates (subject to hydrolysis) is 1. The molecule has 1 aromatic heterocycles. The Morgan fingerprint density at radius 2 is 2.08 bits per heavy atom. The van der Waals surface area contributed by atoms with Crippen molar-refractivity contribution in [3.63, 3.8) is 0 Å². The van der Waals surface area contributed by atoms with Crippen molar-refractivity contribution in [3.05, 3.63) is 30.1 Å². The van der Waals surface area contributed by atoms with E-state index in [1.54, 1.807) is 18.1 Å². The minimum absolute atomic E-state index is 0.0664. The Morgan fingerprint density at radius 3 is 2.67 bits per heavy atom. The number of aryl methyl sites for hydroxylation is 1. The van der Waals surface area contributed by atoms with Crippen LogP contribution in [0.25, 0.3) is 0 Å². The molecule has 1 unspecified atom stereocenters. The number of hydrogen-bond donors (Lipinski definition) is 1. The Balaban J connectivity index is 2.28. The fourth-order valence-electron chi connectivity index (χ4n) is 2.25. The molecule has 0 aliphatic rings. The average molecular weight is 335 g/mol. The van der Waals surface area contributed by atoms with E-state index in [1.165, 1.54) is 0 Å². The van der Waals surface area contributed by atoms with E-state index >= 15 is 0 Å². The van der Waals surface area contributed by atoms with Gasteiger partial charge >= 0.3 is 6.09 Å². The van der Waals surface area contributed by atoms with Crippen molar-refractivity contribution in [2.45, 2.75) is 58.6 Å². The minimum atomic E-state index is -0.530. The number of hydrogen-bond acceptors (Lipinski definition) is 4. The van der Waals surface area contributed by atoms with E-state index in [2.05, 4.69) is 10.3 Å². The molecule has 0 aromatic carbocycles. The van der Waals surface area contributed by atoms with Crippen LogP contribution in [-0.2, 0) is 16.0 Å². The molecule has 2 amide bonds. The highest BCUT2D eigenvalue weighted by molar-refractivity contribution is 5.76. The van der Waals surface area contributed by atoms with Crippen LogP contribution in [0.5, 0.6) is 0 Å². The van der Waals surface area contributed by atoms with Crippen LogP contribution in [0.15, 0.2) is 24.5 Å². The van der Waals surface area contributed by atoms with Gasteiger partial charge in [-0.2, -0.15) is 0 Å². The highest BCUT2D eigenvalue weighted by atomic mass is 16.6. The summed E-state index contributed by atoms with van der Waals surface area (Å²) in [5, 5.41) is 2.74. The van der Waals surface area contributed by atoms with Crippen molar-refractivity contribution in [2.75, 3.05) is 13.6 Å². The predicted molar refractivity (Wildman–Crippen MR) is 93.6 cm³/mol. The third-order valence-electron chi connectivity index (χ3n) is 3.32.